The second-order valence-corrected chi connectivity index (χ2v) is 3.31. The van der Waals surface area contributed by atoms with Crippen LogP contribution in [0.3, 0.4) is 0 Å². The molecule has 0 bridgehead atoms. The molecule has 74 valence electrons. The zero-order valence-electron chi connectivity index (χ0n) is 8.37. The average Bonchev–Trinajstić information content (AvgIpc) is 2.47. The lowest BCUT2D eigenvalue weighted by Gasteiger charge is -2.05. The summed E-state index contributed by atoms with van der Waals surface area (Å²) in [5, 5.41) is 0. The molecule has 6 nitrogen and oxygen atoms in total. The molecule has 0 atom stereocenters. The lowest BCUT2D eigenvalue weighted by molar-refractivity contribution is 1.04. The fraction of sp³-hybridized carbons (Fsp3) is 0.375. The fourth-order valence-corrected chi connectivity index (χ4v) is 1.23. The van der Waals surface area contributed by atoms with Crippen molar-refractivity contribution < 1.29 is 0 Å². The second kappa shape index (κ2) is 2.83. The minimum Gasteiger partial charge on any atom is -0.382 e. The number of H-pyrrole nitrogens is 1. The van der Waals surface area contributed by atoms with Gasteiger partial charge in [0.1, 0.15) is 11.3 Å². The highest BCUT2D eigenvalue weighted by molar-refractivity contribution is 5.83. The maximum atomic E-state index is 5.73. The van der Waals surface area contributed by atoms with Crippen molar-refractivity contribution in [2.75, 3.05) is 24.7 Å². The molecule has 2 rings (SSSR count). The highest BCUT2D eigenvalue weighted by Gasteiger charge is 2.09. The lowest BCUT2D eigenvalue weighted by atomic mass is 10.5. The van der Waals surface area contributed by atoms with Crippen LogP contribution in [0.25, 0.3) is 11.2 Å². The molecule has 2 heterocycles. The van der Waals surface area contributed by atoms with E-state index in [2.05, 4.69) is 19.9 Å². The molecule has 3 N–H and O–H groups in total. The van der Waals surface area contributed by atoms with Gasteiger partial charge in [-0.1, -0.05) is 0 Å². The first-order chi connectivity index (χ1) is 6.58. The van der Waals surface area contributed by atoms with Gasteiger partial charge in [-0.3, -0.25) is 0 Å². The summed E-state index contributed by atoms with van der Waals surface area (Å²) in [7, 11) is 3.79. The summed E-state index contributed by atoms with van der Waals surface area (Å²) in [6.45, 7) is 1.79. The van der Waals surface area contributed by atoms with Gasteiger partial charge in [0.2, 0.25) is 5.95 Å². The molecule has 0 aromatic carbocycles. The molecule has 0 radical (unpaired) electrons. The first kappa shape index (κ1) is 8.74. The first-order valence-electron chi connectivity index (χ1n) is 4.25. The second-order valence-electron chi connectivity index (χ2n) is 3.31. The number of nitrogens with two attached hydrogens (primary N) is 1. The standard InChI is InChI=1S/C8H12N6/c1-4-10-6(9)5-7(11-4)13-8(12-5)14(2)3/h1-3H3,(H3,9,10,11,12,13). The largest absolute Gasteiger partial charge is 0.382 e. The Morgan fingerprint density at radius 3 is 2.57 bits per heavy atom. The topological polar surface area (TPSA) is 83.7 Å². The molecule has 0 saturated carbocycles. The summed E-state index contributed by atoms with van der Waals surface area (Å²) in [5.74, 6) is 1.80. The molecule has 2 aromatic heterocycles. The van der Waals surface area contributed by atoms with Gasteiger partial charge in [0.05, 0.1) is 0 Å². The molecule has 0 fully saturated rings. The molecule has 6 heteroatoms. The maximum absolute atomic E-state index is 5.73. The van der Waals surface area contributed by atoms with E-state index in [-0.39, 0.29) is 0 Å². The Morgan fingerprint density at radius 2 is 1.93 bits per heavy atom. The number of rotatable bonds is 1. The van der Waals surface area contributed by atoms with Crippen LogP contribution in [-0.2, 0) is 0 Å². The number of aromatic nitrogens is 4. The minimum atomic E-state index is 0.438. The highest BCUT2D eigenvalue weighted by atomic mass is 15.2. The minimum absolute atomic E-state index is 0.438. The smallest absolute Gasteiger partial charge is 0.204 e. The molecule has 0 aliphatic rings. The molecule has 0 aliphatic heterocycles. The van der Waals surface area contributed by atoms with Gasteiger partial charge in [0.25, 0.3) is 0 Å². The zero-order chi connectivity index (χ0) is 10.3. The van der Waals surface area contributed by atoms with Gasteiger partial charge in [-0.15, -0.1) is 0 Å². The highest BCUT2D eigenvalue weighted by Crippen LogP contribution is 2.18. The van der Waals surface area contributed by atoms with Crippen molar-refractivity contribution in [3.8, 4) is 0 Å². The van der Waals surface area contributed by atoms with Crippen LogP contribution in [0.1, 0.15) is 5.82 Å². The molecule has 0 unspecified atom stereocenters. The number of fused-ring (bicyclic) bond motifs is 1. The van der Waals surface area contributed by atoms with E-state index < -0.39 is 0 Å². The average molecular weight is 192 g/mol. The number of aromatic amines is 1. The maximum Gasteiger partial charge on any atom is 0.204 e. The Bertz CT molecular complexity index is 472. The third-order valence-corrected chi connectivity index (χ3v) is 1.90. The molecule has 0 aliphatic carbocycles. The van der Waals surface area contributed by atoms with Gasteiger partial charge in [-0.2, -0.15) is 4.98 Å². The number of aryl methyl sites for hydroxylation is 1. The van der Waals surface area contributed by atoms with Gasteiger partial charge in [0, 0.05) is 14.1 Å². The summed E-state index contributed by atoms with van der Waals surface area (Å²) in [5.41, 5.74) is 7.03. The molecule has 0 amide bonds. The van der Waals surface area contributed by atoms with Crippen LogP contribution in [-0.4, -0.2) is 34.0 Å². The van der Waals surface area contributed by atoms with Gasteiger partial charge in [-0.25, -0.2) is 9.97 Å². The normalized spacial score (nSPS) is 10.8. The third-order valence-electron chi connectivity index (χ3n) is 1.90. The van der Waals surface area contributed by atoms with Crippen LogP contribution < -0.4 is 10.6 Å². The first-order valence-corrected chi connectivity index (χ1v) is 4.25. The van der Waals surface area contributed by atoms with Crippen molar-refractivity contribution in [2.24, 2.45) is 0 Å². The van der Waals surface area contributed by atoms with E-state index in [0.717, 1.165) is 5.95 Å². The third kappa shape index (κ3) is 1.24. The predicted molar refractivity (Wildman–Crippen MR) is 55.2 cm³/mol. The van der Waals surface area contributed by atoms with Crippen LogP contribution in [0.15, 0.2) is 0 Å². The number of nitrogens with zero attached hydrogens (tertiary/aromatic N) is 4. The van der Waals surface area contributed by atoms with E-state index in [9.17, 15) is 0 Å². The van der Waals surface area contributed by atoms with Crippen molar-refractivity contribution in [2.45, 2.75) is 6.92 Å². The molecular weight excluding hydrogens is 180 g/mol. The summed E-state index contributed by atoms with van der Waals surface area (Å²) in [4.78, 5) is 17.4. The Labute approximate surface area is 81.2 Å². The quantitative estimate of drug-likeness (QED) is 0.679. The number of nitrogens with one attached hydrogen (secondary N) is 1. The van der Waals surface area contributed by atoms with Gasteiger partial charge >= 0.3 is 0 Å². The van der Waals surface area contributed by atoms with Crippen LogP contribution in [0.5, 0.6) is 0 Å². The van der Waals surface area contributed by atoms with Crippen molar-refractivity contribution in [3.05, 3.63) is 5.82 Å². The molecule has 0 saturated heterocycles. The molecule has 0 spiro atoms. The Balaban J connectivity index is 2.70. The molecule has 2 aromatic rings. The zero-order valence-corrected chi connectivity index (χ0v) is 8.37. The SMILES string of the molecule is Cc1nc(N)c2[nH]c(N(C)C)nc2n1. The Kier molecular flexibility index (Phi) is 1.77. The Morgan fingerprint density at radius 1 is 1.21 bits per heavy atom. The van der Waals surface area contributed by atoms with Crippen molar-refractivity contribution in [3.63, 3.8) is 0 Å². The fourth-order valence-electron chi connectivity index (χ4n) is 1.23. The van der Waals surface area contributed by atoms with Crippen LogP contribution in [0, 0.1) is 6.92 Å². The van der Waals surface area contributed by atoms with Gasteiger partial charge < -0.3 is 15.6 Å². The summed E-state index contributed by atoms with van der Waals surface area (Å²) in [6.07, 6.45) is 0. The summed E-state index contributed by atoms with van der Waals surface area (Å²) in [6, 6.07) is 0. The van der Waals surface area contributed by atoms with Crippen LogP contribution in [0.2, 0.25) is 0 Å². The van der Waals surface area contributed by atoms with Gasteiger partial charge in [0.15, 0.2) is 11.5 Å². The number of anilines is 2. The van der Waals surface area contributed by atoms with E-state index in [4.69, 9.17) is 5.73 Å². The van der Waals surface area contributed by atoms with E-state index in [1.165, 1.54) is 0 Å². The summed E-state index contributed by atoms with van der Waals surface area (Å²) < 4.78 is 0. The Hall–Kier alpha value is -1.85. The number of hydrogen-bond acceptors (Lipinski definition) is 5. The van der Waals surface area contributed by atoms with E-state index in [0.29, 0.717) is 22.8 Å². The monoisotopic (exact) mass is 192 g/mol. The number of nitrogen functional groups attached to an aromatic ring is 1. The lowest BCUT2D eigenvalue weighted by Crippen LogP contribution is -2.09. The summed E-state index contributed by atoms with van der Waals surface area (Å²) >= 11 is 0. The van der Waals surface area contributed by atoms with E-state index in [1.54, 1.807) is 6.92 Å². The molecule has 14 heavy (non-hydrogen) atoms. The molecular formula is C8H12N6. The van der Waals surface area contributed by atoms with Crippen molar-refractivity contribution in [1.29, 1.82) is 0 Å². The van der Waals surface area contributed by atoms with Gasteiger partial charge in [-0.05, 0) is 6.92 Å². The number of hydrogen-bond donors (Lipinski definition) is 2. The number of imidazole rings is 1. The van der Waals surface area contributed by atoms with Crippen LogP contribution in [0.4, 0.5) is 11.8 Å². The van der Waals surface area contributed by atoms with Crippen molar-refractivity contribution >= 4 is 22.9 Å². The van der Waals surface area contributed by atoms with E-state index in [1.807, 2.05) is 19.0 Å². The van der Waals surface area contributed by atoms with Crippen molar-refractivity contribution in [1.82, 2.24) is 19.9 Å². The van der Waals surface area contributed by atoms with E-state index >= 15 is 0 Å². The van der Waals surface area contributed by atoms with Crippen LogP contribution >= 0.6 is 0 Å². The predicted octanol–water partition coefficient (Wildman–Crippen LogP) is 0.310.